The first-order chi connectivity index (χ1) is 34.4. The van der Waals surface area contributed by atoms with Gasteiger partial charge in [-0.05, 0) is 85.4 Å². The highest BCUT2D eigenvalue weighted by Crippen LogP contribution is 2.42. The van der Waals surface area contributed by atoms with Crippen molar-refractivity contribution in [2.24, 2.45) is 23.7 Å². The van der Waals surface area contributed by atoms with Gasteiger partial charge in [0.1, 0.15) is 42.6 Å². The van der Waals surface area contributed by atoms with Crippen molar-refractivity contribution < 1.29 is 72.1 Å². The van der Waals surface area contributed by atoms with Crippen LogP contribution in [-0.2, 0) is 55.6 Å². The van der Waals surface area contributed by atoms with Crippen LogP contribution in [-0.4, -0.2) is 176 Å². The molecule has 0 spiro atoms. The summed E-state index contributed by atoms with van der Waals surface area (Å²) in [6.07, 6.45) is -4.10. The van der Waals surface area contributed by atoms with Gasteiger partial charge < -0.3 is 63.0 Å². The van der Waals surface area contributed by atoms with Crippen LogP contribution in [0.25, 0.3) is 11.1 Å². The number of likely N-dealkylation sites (N-methyl/N-ethyl adjacent to an activating group) is 1. The number of aromatic nitrogens is 4. The van der Waals surface area contributed by atoms with E-state index in [2.05, 4.69) is 15.5 Å². The third-order valence-electron chi connectivity index (χ3n) is 16.2. The number of benzene rings is 1. The SMILES string of the molecule is CC[C@H]1OC(=O)[C@H](C)[C@@H](O[C@H]2C[C@@](C)(OC)[C@@H](O)[C@H](C)O2)[C@H](C)[C@@H](O[C@@H]2O[C@H](C)C[C@H](N(C)CCc3cn([C@H](CF)Cc4ccc(-c5cnoc5)cc4)nn3)[C@H]2O)[C@](C)(OC)C[C@@H](C)C(=O)[C@H](C)[C@@H](O)[C@]1(C)O. The lowest BCUT2D eigenvalue weighted by molar-refractivity contribution is -0.319. The summed E-state index contributed by atoms with van der Waals surface area (Å²) < 4.78 is 65.8. The molecule has 3 saturated heterocycles. The highest BCUT2D eigenvalue weighted by Gasteiger charge is 2.54. The van der Waals surface area contributed by atoms with Crippen LogP contribution in [0.2, 0.25) is 0 Å². The molecule has 0 unspecified atom stereocenters. The lowest BCUT2D eigenvalue weighted by atomic mass is 9.74. The number of hydrogen-bond acceptors (Lipinski definition) is 18. The van der Waals surface area contributed by atoms with Crippen molar-refractivity contribution in [1.29, 1.82) is 0 Å². The maximum atomic E-state index is 14.5. The Bertz CT molecular complexity index is 2220. The first-order valence-electron chi connectivity index (χ1n) is 25.8. The van der Waals surface area contributed by atoms with Crippen molar-refractivity contribution in [3.05, 3.63) is 54.2 Å². The molecule has 1 aromatic carbocycles. The first-order valence-corrected chi connectivity index (χ1v) is 25.8. The molecule has 3 aliphatic heterocycles. The van der Waals surface area contributed by atoms with E-state index in [4.69, 9.17) is 37.7 Å². The van der Waals surface area contributed by atoms with Crippen LogP contribution in [0.3, 0.4) is 0 Å². The minimum Gasteiger partial charge on any atom is -0.459 e. The van der Waals surface area contributed by atoms with Crippen LogP contribution in [0.15, 0.2) is 47.4 Å². The zero-order valence-electron chi connectivity index (χ0n) is 44.9. The highest BCUT2D eigenvalue weighted by molar-refractivity contribution is 5.83. The second-order valence-corrected chi connectivity index (χ2v) is 21.7. The number of cyclic esters (lactones) is 1. The molecule has 0 amide bonds. The third kappa shape index (κ3) is 13.1. The number of carbonyl (C=O) groups excluding carboxylic acids is 2. The van der Waals surface area contributed by atoms with Crippen molar-refractivity contribution in [3.63, 3.8) is 0 Å². The monoisotopic (exact) mass is 1030 g/mol. The number of ketones is 1. The van der Waals surface area contributed by atoms with Gasteiger partial charge >= 0.3 is 5.97 Å². The van der Waals surface area contributed by atoms with E-state index in [0.717, 1.165) is 16.7 Å². The van der Waals surface area contributed by atoms with Crippen LogP contribution in [0.4, 0.5) is 4.39 Å². The third-order valence-corrected chi connectivity index (χ3v) is 16.2. The number of rotatable bonds is 16. The van der Waals surface area contributed by atoms with Crippen molar-refractivity contribution in [2.45, 2.75) is 198 Å². The molecule has 0 radical (unpaired) electrons. The minimum absolute atomic E-state index is 0.0477. The fraction of sp³-hybridized carbons (Fsp3) is 0.755. The van der Waals surface area contributed by atoms with E-state index in [0.29, 0.717) is 31.5 Å². The number of halogens is 1. The van der Waals surface area contributed by atoms with E-state index in [1.54, 1.807) is 64.9 Å². The van der Waals surface area contributed by atoms with E-state index in [9.17, 15) is 34.4 Å². The zero-order valence-corrected chi connectivity index (χ0v) is 44.9. The second-order valence-electron chi connectivity index (χ2n) is 21.7. The summed E-state index contributed by atoms with van der Waals surface area (Å²) in [5.41, 5.74) is -1.08. The number of Topliss-reactive ketones (excluding diaryl/α,β-unsaturated/α-hetero) is 1. The van der Waals surface area contributed by atoms with Gasteiger partial charge in [-0.3, -0.25) is 9.59 Å². The van der Waals surface area contributed by atoms with Gasteiger partial charge in [0.2, 0.25) is 0 Å². The quantitative estimate of drug-likeness (QED) is 0.137. The molecule has 3 aromatic rings. The summed E-state index contributed by atoms with van der Waals surface area (Å²) in [6, 6.07) is 6.71. The Kier molecular flexibility index (Phi) is 19.6. The van der Waals surface area contributed by atoms with Gasteiger partial charge in [-0.2, -0.15) is 0 Å². The Hall–Kier alpha value is -3.80. The highest BCUT2D eigenvalue weighted by atomic mass is 19.1. The van der Waals surface area contributed by atoms with Gasteiger partial charge in [-0.1, -0.05) is 62.3 Å². The molecule has 6 rings (SSSR count). The molecular formula is C53H82FN5O14. The lowest BCUT2D eigenvalue weighted by Crippen LogP contribution is -2.61. The Morgan fingerprint density at radius 2 is 1.60 bits per heavy atom. The van der Waals surface area contributed by atoms with E-state index in [1.807, 2.05) is 50.1 Å². The Balaban J connectivity index is 1.26. The van der Waals surface area contributed by atoms with Crippen LogP contribution >= 0.6 is 0 Å². The fourth-order valence-corrected chi connectivity index (χ4v) is 11.2. The van der Waals surface area contributed by atoms with Gasteiger partial charge in [-0.15, -0.1) is 5.10 Å². The maximum absolute atomic E-state index is 14.5. The van der Waals surface area contributed by atoms with Crippen molar-refractivity contribution in [2.75, 3.05) is 34.5 Å². The lowest BCUT2D eigenvalue weighted by Gasteiger charge is -2.50. The summed E-state index contributed by atoms with van der Waals surface area (Å²) in [5.74, 6) is -4.83. The molecule has 4 N–H and O–H groups in total. The Morgan fingerprint density at radius 1 is 0.918 bits per heavy atom. The number of aliphatic hydroxyl groups is 4. The summed E-state index contributed by atoms with van der Waals surface area (Å²) in [4.78, 5) is 30.8. The number of ether oxygens (including phenoxy) is 7. The molecule has 410 valence electrons. The van der Waals surface area contributed by atoms with E-state index in [1.165, 1.54) is 28.1 Å². The van der Waals surface area contributed by atoms with Gasteiger partial charge in [-0.25, -0.2) is 9.07 Å². The smallest absolute Gasteiger partial charge is 0.311 e. The van der Waals surface area contributed by atoms with E-state index in [-0.39, 0.29) is 25.0 Å². The van der Waals surface area contributed by atoms with Crippen LogP contribution in [0.5, 0.6) is 0 Å². The Morgan fingerprint density at radius 3 is 2.22 bits per heavy atom. The van der Waals surface area contributed by atoms with Crippen LogP contribution in [0, 0.1) is 23.7 Å². The predicted octanol–water partition coefficient (Wildman–Crippen LogP) is 5.05. The molecular weight excluding hydrogens is 950 g/mol. The minimum atomic E-state index is -2.01. The number of esters is 1. The normalized spacial score (nSPS) is 38.8. The van der Waals surface area contributed by atoms with E-state index >= 15 is 0 Å². The van der Waals surface area contributed by atoms with Gasteiger partial charge in [0, 0.05) is 69.2 Å². The molecule has 20 heteroatoms. The zero-order chi connectivity index (χ0) is 53.7. The number of methoxy groups -OCH3 is 2. The number of hydrogen-bond donors (Lipinski definition) is 4. The van der Waals surface area contributed by atoms with Crippen LogP contribution in [0.1, 0.15) is 112 Å². The molecule has 0 aliphatic carbocycles. The first kappa shape index (κ1) is 58.5. The maximum Gasteiger partial charge on any atom is 0.311 e. The van der Waals surface area contributed by atoms with Crippen molar-refractivity contribution in [3.8, 4) is 11.1 Å². The van der Waals surface area contributed by atoms with Crippen LogP contribution < -0.4 is 0 Å². The second kappa shape index (κ2) is 24.5. The number of nitrogens with zero attached hydrogens (tertiary/aromatic N) is 5. The van der Waals surface area contributed by atoms with Gasteiger partial charge in [0.15, 0.2) is 12.6 Å². The molecule has 19 atom stereocenters. The number of alkyl halides is 1. The summed E-state index contributed by atoms with van der Waals surface area (Å²) in [5, 5.41) is 59.3. The molecule has 2 aromatic heterocycles. The molecule has 19 nitrogen and oxygen atoms in total. The van der Waals surface area contributed by atoms with Crippen molar-refractivity contribution in [1.82, 2.24) is 25.1 Å². The summed E-state index contributed by atoms with van der Waals surface area (Å²) in [7, 11) is 4.87. The largest absolute Gasteiger partial charge is 0.459 e. The molecule has 73 heavy (non-hydrogen) atoms. The summed E-state index contributed by atoms with van der Waals surface area (Å²) in [6.45, 7) is 16.7. The van der Waals surface area contributed by atoms with Gasteiger partial charge in [0.25, 0.3) is 0 Å². The fourth-order valence-electron chi connectivity index (χ4n) is 11.2. The molecule has 3 aliphatic rings. The Labute approximate surface area is 429 Å². The van der Waals surface area contributed by atoms with E-state index < -0.39 is 127 Å². The molecule has 5 heterocycles. The topological polar surface area (TPSA) is 240 Å². The van der Waals surface area contributed by atoms with Gasteiger partial charge in [0.05, 0.1) is 65.6 Å². The molecule has 3 fully saturated rings. The molecule has 0 saturated carbocycles. The molecule has 0 bridgehead atoms. The number of aliphatic hydroxyl groups excluding tert-OH is 3. The standard InChI is InChI=1S/C53H82FN5O14/c1-14-41-53(10,65)46(62)31(4)43(60)29(2)23-52(9,67-13)48(32(5)45(33(6)49(64)71-41)72-42-24-51(8,66-12)47(63)34(7)70-42)73-50-44(61)40(21-30(3)69-50)58(11)20-19-38-27-59(57-56-38)39(25-54)22-35-15-17-36(18-16-35)37-26-55-68-28-37/h15-18,26-34,39-42,44-48,50,61-63,65H,14,19-25H2,1-13H3/t29-,30-,31+,32+,33-,34+,39+,40+,41-,42+,44-,45+,46-,47+,48-,50+,51-,52-,53-/m1/s1. The van der Waals surface area contributed by atoms with Crippen molar-refractivity contribution >= 4 is 11.8 Å². The predicted molar refractivity (Wildman–Crippen MR) is 264 cm³/mol. The summed E-state index contributed by atoms with van der Waals surface area (Å²) >= 11 is 0. The average Bonchev–Trinajstić information content (AvgIpc) is 4.10. The number of carbonyl (C=O) groups is 2. The average molecular weight is 1030 g/mol.